The highest BCUT2D eigenvalue weighted by Crippen LogP contribution is 2.33. The lowest BCUT2D eigenvalue weighted by molar-refractivity contribution is 0.688. The second-order valence-corrected chi connectivity index (χ2v) is 6.84. The molecule has 2 rings (SSSR count). The molecular formula is C14H21N3S2. The first-order valence-electron chi connectivity index (χ1n) is 6.82. The minimum Gasteiger partial charge on any atom is -0.361 e. The van der Waals surface area contributed by atoms with Gasteiger partial charge in [0.1, 0.15) is 0 Å². The predicted molar refractivity (Wildman–Crippen MR) is 85.3 cm³/mol. The number of rotatable bonds is 6. The molecule has 0 saturated heterocycles. The van der Waals surface area contributed by atoms with Crippen molar-refractivity contribution in [2.75, 3.05) is 11.9 Å². The fourth-order valence-corrected chi connectivity index (χ4v) is 3.58. The van der Waals surface area contributed by atoms with Crippen LogP contribution in [0.1, 0.15) is 38.4 Å². The summed E-state index contributed by atoms with van der Waals surface area (Å²) < 4.78 is 0. The average molecular weight is 295 g/mol. The van der Waals surface area contributed by atoms with Gasteiger partial charge in [-0.1, -0.05) is 27.7 Å². The standard InChI is InChI=1S/C14H21N3S2/c1-5-10-13(19-12(6-2)16-10)11-8-18-14(17-11)15-7-9(3)4/h8-9H,5-7H2,1-4H3,(H,15,17). The van der Waals surface area contributed by atoms with Crippen LogP contribution in [0.5, 0.6) is 0 Å². The third-order valence-corrected chi connectivity index (χ3v) is 4.84. The molecule has 0 aliphatic carbocycles. The molecule has 0 aliphatic heterocycles. The van der Waals surface area contributed by atoms with E-state index in [1.54, 1.807) is 22.7 Å². The summed E-state index contributed by atoms with van der Waals surface area (Å²) in [7, 11) is 0. The van der Waals surface area contributed by atoms with Crippen LogP contribution >= 0.6 is 22.7 Å². The van der Waals surface area contributed by atoms with E-state index in [0.29, 0.717) is 5.92 Å². The number of aryl methyl sites for hydroxylation is 2. The Balaban J connectivity index is 2.19. The van der Waals surface area contributed by atoms with Crippen molar-refractivity contribution >= 4 is 27.8 Å². The van der Waals surface area contributed by atoms with Crippen LogP contribution in [0.3, 0.4) is 0 Å². The van der Waals surface area contributed by atoms with Crippen molar-refractivity contribution in [2.45, 2.75) is 40.5 Å². The monoisotopic (exact) mass is 295 g/mol. The number of nitrogens with zero attached hydrogens (tertiary/aromatic N) is 2. The summed E-state index contributed by atoms with van der Waals surface area (Å²) in [5, 5.41) is 7.73. The molecule has 3 nitrogen and oxygen atoms in total. The predicted octanol–water partition coefficient (Wildman–Crippen LogP) is 4.46. The lowest BCUT2D eigenvalue weighted by atomic mass is 10.2. The van der Waals surface area contributed by atoms with Crippen LogP contribution in [0.25, 0.3) is 10.6 Å². The Labute approximate surface area is 123 Å². The van der Waals surface area contributed by atoms with Gasteiger partial charge < -0.3 is 5.32 Å². The van der Waals surface area contributed by atoms with Gasteiger partial charge in [-0.3, -0.25) is 0 Å². The molecule has 0 unspecified atom stereocenters. The number of aromatic nitrogens is 2. The molecular weight excluding hydrogens is 274 g/mol. The molecule has 0 atom stereocenters. The topological polar surface area (TPSA) is 37.8 Å². The van der Waals surface area contributed by atoms with E-state index in [1.807, 2.05) is 0 Å². The van der Waals surface area contributed by atoms with Crippen molar-refractivity contribution in [3.05, 3.63) is 16.1 Å². The second kappa shape index (κ2) is 6.48. The zero-order valence-electron chi connectivity index (χ0n) is 12.0. The molecule has 0 radical (unpaired) electrons. The summed E-state index contributed by atoms with van der Waals surface area (Å²) in [6.45, 7) is 9.68. The van der Waals surface area contributed by atoms with Crippen molar-refractivity contribution in [1.82, 2.24) is 9.97 Å². The normalized spacial score (nSPS) is 11.2. The molecule has 1 N–H and O–H groups in total. The summed E-state index contributed by atoms with van der Waals surface area (Å²) in [6.07, 6.45) is 1.97. The lowest BCUT2D eigenvalue weighted by Gasteiger charge is -2.04. The maximum atomic E-state index is 4.69. The molecule has 0 amide bonds. The van der Waals surface area contributed by atoms with Crippen LogP contribution in [-0.2, 0) is 12.8 Å². The van der Waals surface area contributed by atoms with Crippen LogP contribution in [0.2, 0.25) is 0 Å². The molecule has 2 aromatic heterocycles. The smallest absolute Gasteiger partial charge is 0.183 e. The summed E-state index contributed by atoms with van der Waals surface area (Å²) >= 11 is 3.46. The van der Waals surface area contributed by atoms with E-state index in [0.717, 1.165) is 30.2 Å². The maximum Gasteiger partial charge on any atom is 0.183 e. The third-order valence-electron chi connectivity index (χ3n) is 2.78. The largest absolute Gasteiger partial charge is 0.361 e. The maximum absolute atomic E-state index is 4.69. The number of anilines is 1. The molecule has 0 spiro atoms. The zero-order valence-corrected chi connectivity index (χ0v) is 13.6. The van der Waals surface area contributed by atoms with Gasteiger partial charge in [-0.05, 0) is 18.8 Å². The fraction of sp³-hybridized carbons (Fsp3) is 0.571. The summed E-state index contributed by atoms with van der Waals surface area (Å²) in [5.74, 6) is 0.633. The van der Waals surface area contributed by atoms with E-state index >= 15 is 0 Å². The summed E-state index contributed by atoms with van der Waals surface area (Å²) in [5.41, 5.74) is 2.26. The van der Waals surface area contributed by atoms with Gasteiger partial charge in [0.2, 0.25) is 0 Å². The number of hydrogen-bond donors (Lipinski definition) is 1. The summed E-state index contributed by atoms with van der Waals surface area (Å²) in [6, 6.07) is 0. The van der Waals surface area contributed by atoms with Crippen LogP contribution in [0.15, 0.2) is 5.38 Å². The van der Waals surface area contributed by atoms with E-state index in [-0.39, 0.29) is 0 Å². The zero-order chi connectivity index (χ0) is 13.8. The molecule has 19 heavy (non-hydrogen) atoms. The fourth-order valence-electron chi connectivity index (χ4n) is 1.74. The summed E-state index contributed by atoms with van der Waals surface area (Å²) in [4.78, 5) is 10.6. The van der Waals surface area contributed by atoms with E-state index in [1.165, 1.54) is 15.6 Å². The minimum atomic E-state index is 0.633. The van der Waals surface area contributed by atoms with Crippen molar-refractivity contribution in [3.63, 3.8) is 0 Å². The molecule has 5 heteroatoms. The third kappa shape index (κ3) is 3.54. The molecule has 0 fully saturated rings. The average Bonchev–Trinajstić information content (AvgIpc) is 3.02. The molecule has 0 bridgehead atoms. The highest BCUT2D eigenvalue weighted by molar-refractivity contribution is 7.16. The van der Waals surface area contributed by atoms with Crippen LogP contribution in [0.4, 0.5) is 5.13 Å². The van der Waals surface area contributed by atoms with Gasteiger partial charge in [-0.25, -0.2) is 9.97 Å². The Bertz CT molecular complexity index is 529. The Morgan fingerprint density at radius 3 is 2.63 bits per heavy atom. The van der Waals surface area contributed by atoms with E-state index in [4.69, 9.17) is 0 Å². The lowest BCUT2D eigenvalue weighted by Crippen LogP contribution is -2.07. The SMILES string of the molecule is CCc1nc(CC)c(-c2csc(NCC(C)C)n2)s1. The Kier molecular flexibility index (Phi) is 4.93. The molecule has 0 aromatic carbocycles. The number of thiazole rings is 2. The molecule has 0 aliphatic rings. The Morgan fingerprint density at radius 2 is 2.00 bits per heavy atom. The van der Waals surface area contributed by atoms with Crippen molar-refractivity contribution < 1.29 is 0 Å². The van der Waals surface area contributed by atoms with Crippen molar-refractivity contribution in [1.29, 1.82) is 0 Å². The van der Waals surface area contributed by atoms with Crippen LogP contribution in [0, 0.1) is 5.92 Å². The first-order chi connectivity index (χ1) is 9.13. The molecule has 0 saturated carbocycles. The van der Waals surface area contributed by atoms with E-state index in [2.05, 4.69) is 48.4 Å². The van der Waals surface area contributed by atoms with Gasteiger partial charge in [-0.15, -0.1) is 22.7 Å². The first-order valence-corrected chi connectivity index (χ1v) is 8.52. The first kappa shape index (κ1) is 14.5. The molecule has 2 heterocycles. The molecule has 104 valence electrons. The molecule has 2 aromatic rings. The van der Waals surface area contributed by atoms with Crippen molar-refractivity contribution in [2.24, 2.45) is 5.92 Å². The number of hydrogen-bond acceptors (Lipinski definition) is 5. The van der Waals surface area contributed by atoms with E-state index in [9.17, 15) is 0 Å². The highest BCUT2D eigenvalue weighted by Gasteiger charge is 2.14. The van der Waals surface area contributed by atoms with Gasteiger partial charge >= 0.3 is 0 Å². The minimum absolute atomic E-state index is 0.633. The van der Waals surface area contributed by atoms with Crippen LogP contribution in [-0.4, -0.2) is 16.5 Å². The van der Waals surface area contributed by atoms with Gasteiger partial charge in [-0.2, -0.15) is 0 Å². The van der Waals surface area contributed by atoms with Crippen molar-refractivity contribution in [3.8, 4) is 10.6 Å². The van der Waals surface area contributed by atoms with Crippen LogP contribution < -0.4 is 5.32 Å². The van der Waals surface area contributed by atoms with Gasteiger partial charge in [0.05, 0.1) is 21.3 Å². The van der Waals surface area contributed by atoms with Gasteiger partial charge in [0.15, 0.2) is 5.13 Å². The van der Waals surface area contributed by atoms with E-state index < -0.39 is 0 Å². The van der Waals surface area contributed by atoms with Gasteiger partial charge in [0, 0.05) is 11.9 Å². The highest BCUT2D eigenvalue weighted by atomic mass is 32.1. The number of nitrogens with one attached hydrogen (secondary N) is 1. The van der Waals surface area contributed by atoms with Gasteiger partial charge in [0.25, 0.3) is 0 Å². The quantitative estimate of drug-likeness (QED) is 0.855. The second-order valence-electron chi connectivity index (χ2n) is 4.90. The Hall–Kier alpha value is -0.940. The Morgan fingerprint density at radius 1 is 1.21 bits per heavy atom.